The Labute approximate surface area is 138 Å². The van der Waals surface area contributed by atoms with Crippen molar-refractivity contribution in [2.75, 3.05) is 12.9 Å². The molecule has 1 aliphatic rings. The Kier molecular flexibility index (Phi) is 3.26. The first kappa shape index (κ1) is 12.2. The summed E-state index contributed by atoms with van der Waals surface area (Å²) >= 11 is 0. The van der Waals surface area contributed by atoms with Crippen molar-refractivity contribution in [3.05, 3.63) is 65.7 Å². The molecule has 0 saturated carbocycles. The predicted molar refractivity (Wildman–Crippen MR) is 86.1 cm³/mol. The first-order valence-electron chi connectivity index (χ1n) is 8.33. The molecule has 1 heterocycles. The Morgan fingerprint density at radius 1 is 1.22 bits per heavy atom. The summed E-state index contributed by atoms with van der Waals surface area (Å²) in [6.07, 6.45) is -0.314. The highest BCUT2D eigenvalue weighted by atomic mass is 32.2. The van der Waals surface area contributed by atoms with Crippen molar-refractivity contribution in [3.8, 4) is 0 Å². The Balaban J connectivity index is 2.04. The fraction of sp³-hybridized carbons (Fsp3) is 0.235. The molecule has 2 aromatic carbocycles. The van der Waals surface area contributed by atoms with Crippen LogP contribution in [0.3, 0.4) is 0 Å². The summed E-state index contributed by atoms with van der Waals surface area (Å²) in [6, 6.07) is 11.3. The third-order valence-corrected chi connectivity index (χ3v) is 4.56. The zero-order chi connectivity index (χ0) is 19.2. The first-order valence-corrected chi connectivity index (χ1v) is 8.72. The van der Waals surface area contributed by atoms with Crippen LogP contribution in [0.15, 0.2) is 64.5 Å². The maximum Gasteiger partial charge on any atom is 0.217 e. The summed E-state index contributed by atoms with van der Waals surface area (Å²) in [5.41, 5.74) is 0.743. The minimum absolute atomic E-state index is 0.0423. The van der Waals surface area contributed by atoms with Gasteiger partial charge in [0.1, 0.15) is 12.6 Å². The smallest absolute Gasteiger partial charge is 0.217 e. The van der Waals surface area contributed by atoms with E-state index >= 15 is 0 Å². The van der Waals surface area contributed by atoms with Gasteiger partial charge in [-0.3, -0.25) is 0 Å². The van der Waals surface area contributed by atoms with Crippen molar-refractivity contribution < 1.29 is 21.7 Å². The van der Waals surface area contributed by atoms with Gasteiger partial charge in [-0.1, -0.05) is 30.3 Å². The van der Waals surface area contributed by atoms with Crippen LogP contribution < -0.4 is 0 Å². The van der Waals surface area contributed by atoms with Crippen molar-refractivity contribution >= 4 is 15.7 Å². The molecule has 6 heteroatoms. The Hall–Kier alpha value is -2.21. The van der Waals surface area contributed by atoms with E-state index in [4.69, 9.17) is 8.85 Å². The second-order valence-corrected chi connectivity index (χ2v) is 7.12. The highest BCUT2D eigenvalue weighted by Gasteiger charge is 2.33. The summed E-state index contributed by atoms with van der Waals surface area (Å²) in [5, 5.41) is 0. The molecule has 0 radical (unpaired) electrons. The molecule has 0 bridgehead atoms. The molecule has 120 valence electrons. The van der Waals surface area contributed by atoms with Crippen LogP contribution in [-0.4, -0.2) is 33.2 Å². The lowest BCUT2D eigenvalue weighted by molar-refractivity contribution is 0.180. The fourth-order valence-corrected chi connectivity index (χ4v) is 2.89. The first-order chi connectivity index (χ1) is 12.0. The van der Waals surface area contributed by atoms with Gasteiger partial charge in [0.25, 0.3) is 0 Å². The molecule has 23 heavy (non-hydrogen) atoms. The normalized spacial score (nSPS) is 26.6. The number of hydrogen-bond donors (Lipinski definition) is 0. The third kappa shape index (κ3) is 3.27. The molecule has 4 nitrogen and oxygen atoms in total. The van der Waals surface area contributed by atoms with E-state index in [0.717, 1.165) is 6.26 Å². The van der Waals surface area contributed by atoms with Gasteiger partial charge < -0.3 is 4.74 Å². The zero-order valence-electron chi connectivity index (χ0n) is 15.2. The lowest BCUT2D eigenvalue weighted by Crippen LogP contribution is -2.16. The van der Waals surface area contributed by atoms with E-state index in [-0.39, 0.29) is 16.4 Å². The van der Waals surface area contributed by atoms with E-state index in [1.807, 2.05) is 0 Å². The molecule has 0 spiro atoms. The maximum absolute atomic E-state index is 14.2. The van der Waals surface area contributed by atoms with Gasteiger partial charge in [0.15, 0.2) is 15.9 Å². The molecule has 0 aromatic heterocycles. The average molecular weight is 336 g/mol. The lowest BCUT2D eigenvalue weighted by Gasteiger charge is -2.16. The second-order valence-electron chi connectivity index (χ2n) is 5.10. The Morgan fingerprint density at radius 3 is 2.43 bits per heavy atom. The van der Waals surface area contributed by atoms with E-state index < -0.39 is 28.6 Å². The van der Waals surface area contributed by atoms with Crippen LogP contribution in [0.5, 0.6) is 0 Å². The number of hydrogen-bond acceptors (Lipinski definition) is 4. The highest BCUT2D eigenvalue weighted by molar-refractivity contribution is 7.90. The molecule has 0 N–H and O–H groups in total. The number of halogens is 1. The summed E-state index contributed by atoms with van der Waals surface area (Å²) < 4.78 is 66.2. The molecule has 0 saturated heterocycles. The van der Waals surface area contributed by atoms with Gasteiger partial charge >= 0.3 is 0 Å². The molecule has 3 rings (SSSR count). The van der Waals surface area contributed by atoms with Crippen molar-refractivity contribution in [2.24, 2.45) is 4.99 Å². The number of nitrogens with zero attached hydrogens (tertiary/aromatic N) is 1. The molecule has 0 fully saturated rings. The molecule has 2 aromatic rings. The van der Waals surface area contributed by atoms with Crippen LogP contribution in [0.25, 0.3) is 0 Å². The Bertz CT molecular complexity index is 943. The van der Waals surface area contributed by atoms with Crippen molar-refractivity contribution in [1.29, 1.82) is 0 Å². The standard InChI is InChI=1S/C17H16FNO3S/c1-23(20,21)14-9-7-12(8-10-14)16-15(11-18)19-17(22-16)13-5-3-2-4-6-13/h2-10,15-16H,11H2,1H3/t15-,16-/m1/s1/i11D2,15D. The minimum atomic E-state index is -3.48. The molecule has 0 aliphatic carbocycles. The molecule has 2 atom stereocenters. The van der Waals surface area contributed by atoms with Gasteiger partial charge in [0.2, 0.25) is 5.90 Å². The molecule has 0 amide bonds. The van der Waals surface area contributed by atoms with E-state index in [2.05, 4.69) is 4.99 Å². The fourth-order valence-electron chi connectivity index (χ4n) is 2.26. The SMILES string of the molecule is [2H]C([2H])(F)[C@@]1([2H])N=C(c2ccccc2)O[C@@H]1c1ccc(S(C)(=O)=O)cc1. The van der Waals surface area contributed by atoms with Gasteiger partial charge in [-0.25, -0.2) is 17.8 Å². The largest absolute Gasteiger partial charge is 0.467 e. The van der Waals surface area contributed by atoms with E-state index in [1.54, 1.807) is 30.3 Å². The Morgan fingerprint density at radius 2 is 1.87 bits per heavy atom. The maximum atomic E-state index is 14.2. The van der Waals surface area contributed by atoms with Crippen LogP contribution >= 0.6 is 0 Å². The van der Waals surface area contributed by atoms with Crippen LogP contribution in [0, 0.1) is 0 Å². The van der Waals surface area contributed by atoms with E-state index in [0.29, 0.717) is 5.56 Å². The summed E-state index contributed by atoms with van der Waals surface area (Å²) in [4.78, 5) is 3.94. The van der Waals surface area contributed by atoms with Gasteiger partial charge in [-0.2, -0.15) is 0 Å². The number of aliphatic imine (C=N–C) groups is 1. The minimum Gasteiger partial charge on any atom is -0.467 e. The van der Waals surface area contributed by atoms with E-state index in [9.17, 15) is 12.8 Å². The molecule has 1 aliphatic heterocycles. The van der Waals surface area contributed by atoms with Gasteiger partial charge in [0, 0.05) is 11.8 Å². The van der Waals surface area contributed by atoms with Crippen LogP contribution in [-0.2, 0) is 14.6 Å². The van der Waals surface area contributed by atoms with E-state index in [1.165, 1.54) is 24.3 Å². The molecular formula is C17H16FNO3S. The number of sulfone groups is 1. The highest BCUT2D eigenvalue weighted by Crippen LogP contribution is 2.32. The van der Waals surface area contributed by atoms with Gasteiger partial charge in [0.05, 0.1) is 9.01 Å². The zero-order valence-corrected chi connectivity index (χ0v) is 13.0. The monoisotopic (exact) mass is 336 g/mol. The van der Waals surface area contributed by atoms with Crippen molar-refractivity contribution in [2.45, 2.75) is 17.0 Å². The predicted octanol–water partition coefficient (Wildman–Crippen LogP) is 2.95. The van der Waals surface area contributed by atoms with Crippen LogP contribution in [0.1, 0.15) is 21.3 Å². The summed E-state index contributed by atoms with van der Waals surface area (Å²) in [5.74, 6) is -0.0423. The van der Waals surface area contributed by atoms with Crippen LogP contribution in [0.4, 0.5) is 4.39 Å². The topological polar surface area (TPSA) is 55.7 Å². The third-order valence-electron chi connectivity index (χ3n) is 3.43. The quantitative estimate of drug-likeness (QED) is 0.862. The summed E-state index contributed by atoms with van der Waals surface area (Å²) in [6.45, 7) is -3.48. The van der Waals surface area contributed by atoms with Gasteiger partial charge in [-0.15, -0.1) is 0 Å². The lowest BCUT2D eigenvalue weighted by atomic mass is 10.0. The molecule has 0 unspecified atom stereocenters. The second kappa shape index (κ2) is 6.12. The van der Waals surface area contributed by atoms with Crippen LogP contribution in [0.2, 0.25) is 0 Å². The number of ether oxygens (including phenoxy) is 1. The average Bonchev–Trinajstić information content (AvgIpc) is 2.94. The summed E-state index contributed by atoms with van der Waals surface area (Å²) in [7, 11) is -3.42. The van der Waals surface area contributed by atoms with Gasteiger partial charge in [-0.05, 0) is 29.8 Å². The van der Waals surface area contributed by atoms with Crippen molar-refractivity contribution in [3.63, 3.8) is 0 Å². The van der Waals surface area contributed by atoms with Crippen molar-refractivity contribution in [1.82, 2.24) is 0 Å². The number of rotatable bonds is 4. The molecular weight excluding hydrogens is 317 g/mol. The number of benzene rings is 2. The number of alkyl halides is 1.